The number of ether oxygens (including phenoxy) is 4. The molecule has 6 N–H and O–H groups in total. The average molecular weight is 521 g/mol. The zero-order valence-corrected chi connectivity index (χ0v) is 19.7. The number of hydrogen-bond donors (Lipinski definition) is 6. The minimum atomic E-state index is -1.65. The Morgan fingerprint density at radius 3 is 1.71 bits per heavy atom. The molecule has 1 aromatic heterocycles. The summed E-state index contributed by atoms with van der Waals surface area (Å²) in [5, 5.41) is 61.7. The predicted octanol–water partition coefficient (Wildman–Crippen LogP) is -2.64. The summed E-state index contributed by atoms with van der Waals surface area (Å²) in [6.45, 7) is -0.450. The van der Waals surface area contributed by atoms with Crippen LogP contribution < -0.4 is 5.69 Å². The van der Waals surface area contributed by atoms with Gasteiger partial charge in [-0.25, -0.2) is 4.79 Å². The van der Waals surface area contributed by atoms with Crippen molar-refractivity contribution >= 4 is 22.6 Å². The second kappa shape index (κ2) is 10.4. The summed E-state index contributed by atoms with van der Waals surface area (Å²) < 4.78 is 23.4. The van der Waals surface area contributed by atoms with Crippen molar-refractivity contribution in [1.29, 1.82) is 0 Å². The van der Waals surface area contributed by atoms with Crippen LogP contribution in [0.2, 0.25) is 5.02 Å². The molecule has 10 atom stereocenters. The zero-order chi connectivity index (χ0) is 25.6. The van der Waals surface area contributed by atoms with E-state index in [1.54, 1.807) is 12.1 Å². The van der Waals surface area contributed by atoms with Crippen LogP contribution in [0.15, 0.2) is 23.0 Å². The number of rotatable bonds is 6. The van der Waals surface area contributed by atoms with Gasteiger partial charge in [0.25, 0.3) is 0 Å². The lowest BCUT2D eigenvalue weighted by Crippen LogP contribution is -2.60. The molecule has 2 fully saturated rings. The van der Waals surface area contributed by atoms with Gasteiger partial charge in [0, 0.05) is 19.2 Å². The van der Waals surface area contributed by atoms with E-state index in [1.807, 2.05) is 0 Å². The summed E-state index contributed by atoms with van der Waals surface area (Å²) in [5.41, 5.74) is 0.180. The first-order chi connectivity index (χ1) is 16.6. The Bertz CT molecular complexity index is 1090. The molecule has 3 heterocycles. The van der Waals surface area contributed by atoms with Crippen LogP contribution in [0.4, 0.5) is 0 Å². The molecule has 0 amide bonds. The first kappa shape index (κ1) is 26.4. The molecule has 0 radical (unpaired) electrons. The summed E-state index contributed by atoms with van der Waals surface area (Å²) in [5.74, 6) is 0. The molecular formula is C21H29ClN2O11. The number of benzene rings is 1. The van der Waals surface area contributed by atoms with Crippen LogP contribution in [0.5, 0.6) is 0 Å². The molecule has 2 aromatic rings. The van der Waals surface area contributed by atoms with E-state index < -0.39 is 67.1 Å². The molecule has 0 spiro atoms. The van der Waals surface area contributed by atoms with Gasteiger partial charge in [-0.05, 0) is 18.2 Å². The SMILES string of the molecule is CO[C@@H]1[C@H](O)[C@H](O)O[C@H](Cn2c(=O)n(C[C@@H]3O[C@H](O)[C@H](O)[C@H](OC)[C@@H]3O)c3cc(Cl)ccc32)[C@H]1O. The summed E-state index contributed by atoms with van der Waals surface area (Å²) in [6.07, 6.45) is -13.5. The van der Waals surface area contributed by atoms with Crippen molar-refractivity contribution in [3.8, 4) is 0 Å². The quantitative estimate of drug-likeness (QED) is 0.234. The van der Waals surface area contributed by atoms with Gasteiger partial charge < -0.3 is 49.6 Å². The van der Waals surface area contributed by atoms with Crippen LogP contribution >= 0.6 is 11.6 Å². The van der Waals surface area contributed by atoms with Crippen molar-refractivity contribution in [2.24, 2.45) is 0 Å². The zero-order valence-electron chi connectivity index (χ0n) is 18.9. The number of halogens is 1. The van der Waals surface area contributed by atoms with E-state index in [2.05, 4.69) is 0 Å². The maximum Gasteiger partial charge on any atom is 0.329 e. The fourth-order valence-corrected chi connectivity index (χ4v) is 4.86. The van der Waals surface area contributed by atoms with E-state index in [0.717, 1.165) is 0 Å². The van der Waals surface area contributed by atoms with Gasteiger partial charge in [-0.3, -0.25) is 9.13 Å². The van der Waals surface area contributed by atoms with Crippen LogP contribution in [0, 0.1) is 0 Å². The fraction of sp³-hybridized carbons (Fsp3) is 0.667. The van der Waals surface area contributed by atoms with Crippen molar-refractivity contribution in [1.82, 2.24) is 9.13 Å². The first-order valence-electron chi connectivity index (χ1n) is 10.9. The lowest BCUT2D eigenvalue weighted by Gasteiger charge is -2.40. The van der Waals surface area contributed by atoms with E-state index in [1.165, 1.54) is 29.4 Å². The number of imidazole rings is 1. The monoisotopic (exact) mass is 520 g/mol. The van der Waals surface area contributed by atoms with Crippen molar-refractivity contribution in [3.05, 3.63) is 33.7 Å². The first-order valence-corrected chi connectivity index (χ1v) is 11.3. The van der Waals surface area contributed by atoms with Crippen molar-refractivity contribution in [2.75, 3.05) is 14.2 Å². The molecule has 0 aliphatic carbocycles. The maximum atomic E-state index is 13.5. The molecule has 14 heteroatoms. The van der Waals surface area contributed by atoms with Crippen LogP contribution in [0.25, 0.3) is 11.0 Å². The van der Waals surface area contributed by atoms with Gasteiger partial charge in [0.05, 0.1) is 24.1 Å². The van der Waals surface area contributed by atoms with Crippen molar-refractivity contribution < 1.29 is 49.6 Å². The van der Waals surface area contributed by atoms with E-state index in [-0.39, 0.29) is 13.1 Å². The molecule has 13 nitrogen and oxygen atoms in total. The van der Waals surface area contributed by atoms with Gasteiger partial charge in [0.15, 0.2) is 12.6 Å². The topological polar surface area (TPSA) is 185 Å². The van der Waals surface area contributed by atoms with Gasteiger partial charge in [-0.15, -0.1) is 0 Å². The number of hydrogen-bond acceptors (Lipinski definition) is 11. The van der Waals surface area contributed by atoms with E-state index in [9.17, 15) is 35.4 Å². The van der Waals surface area contributed by atoms with Crippen LogP contribution in [-0.2, 0) is 32.0 Å². The molecule has 35 heavy (non-hydrogen) atoms. The highest BCUT2D eigenvalue weighted by Crippen LogP contribution is 2.27. The van der Waals surface area contributed by atoms with Crippen LogP contribution in [0.3, 0.4) is 0 Å². The number of fused-ring (bicyclic) bond motifs is 1. The smallest absolute Gasteiger partial charge is 0.329 e. The highest BCUT2D eigenvalue weighted by Gasteiger charge is 2.46. The number of aromatic nitrogens is 2. The normalized spacial score (nSPS) is 38.2. The van der Waals surface area contributed by atoms with Gasteiger partial charge in [-0.1, -0.05) is 11.6 Å². The molecular weight excluding hydrogens is 492 g/mol. The third-order valence-corrected chi connectivity index (χ3v) is 6.81. The maximum absolute atomic E-state index is 13.5. The third-order valence-electron chi connectivity index (χ3n) is 6.57. The highest BCUT2D eigenvalue weighted by molar-refractivity contribution is 6.31. The third kappa shape index (κ3) is 4.74. The van der Waals surface area contributed by atoms with Crippen LogP contribution in [0.1, 0.15) is 0 Å². The second-order valence-electron chi connectivity index (χ2n) is 8.63. The number of aliphatic hydroxyl groups is 6. The molecule has 196 valence electrons. The fourth-order valence-electron chi connectivity index (χ4n) is 4.70. The van der Waals surface area contributed by atoms with E-state index in [0.29, 0.717) is 16.1 Å². The summed E-state index contributed by atoms with van der Waals surface area (Å²) >= 11 is 6.16. The molecule has 0 saturated carbocycles. The number of nitrogens with zero attached hydrogens (tertiary/aromatic N) is 2. The largest absolute Gasteiger partial charge is 0.388 e. The second-order valence-corrected chi connectivity index (χ2v) is 9.07. The minimum Gasteiger partial charge on any atom is -0.388 e. The van der Waals surface area contributed by atoms with Gasteiger partial charge >= 0.3 is 5.69 Å². The molecule has 2 saturated heterocycles. The molecule has 0 unspecified atom stereocenters. The minimum absolute atomic E-state index is 0.217. The molecule has 1 aromatic carbocycles. The average Bonchev–Trinajstić information content (AvgIpc) is 3.06. The van der Waals surface area contributed by atoms with Gasteiger partial charge in [0.2, 0.25) is 0 Å². The Kier molecular flexibility index (Phi) is 7.85. The lowest BCUT2D eigenvalue weighted by molar-refractivity contribution is -0.288. The summed E-state index contributed by atoms with van der Waals surface area (Å²) in [7, 11) is 2.53. The standard InChI is InChI=1S/C21H29ClN2O11/c1-32-17-13(25)11(34-19(29)15(17)27)6-23-9-4-3-8(22)5-10(9)24(21(23)31)7-12-14(26)18(33-2)16(28)20(30)35-12/h3-5,11-20,25-30H,6-7H2,1-2H3/t11-,12+,13-,14-,15+,16-,17+,18-,19-,20+/m1/s1. The van der Waals surface area contributed by atoms with Crippen molar-refractivity contribution in [2.45, 2.75) is 74.5 Å². The van der Waals surface area contributed by atoms with E-state index in [4.69, 9.17) is 30.5 Å². The Morgan fingerprint density at radius 1 is 0.800 bits per heavy atom. The molecule has 2 aliphatic rings. The molecule has 4 rings (SSSR count). The summed E-state index contributed by atoms with van der Waals surface area (Å²) in [6, 6.07) is 4.67. The number of methoxy groups -OCH3 is 2. The number of aliphatic hydroxyl groups excluding tert-OH is 6. The lowest BCUT2D eigenvalue weighted by atomic mass is 9.98. The Hall–Kier alpha value is -1.62. The van der Waals surface area contributed by atoms with Crippen LogP contribution in [-0.4, -0.2) is 115 Å². The predicted molar refractivity (Wildman–Crippen MR) is 119 cm³/mol. The Morgan fingerprint density at radius 2 is 1.26 bits per heavy atom. The molecule has 2 aliphatic heterocycles. The Labute approximate surface area is 204 Å². The molecule has 0 bridgehead atoms. The van der Waals surface area contributed by atoms with Gasteiger partial charge in [-0.2, -0.15) is 0 Å². The highest BCUT2D eigenvalue weighted by atomic mass is 35.5. The summed E-state index contributed by atoms with van der Waals surface area (Å²) in [4.78, 5) is 13.5. The Balaban J connectivity index is 1.70. The van der Waals surface area contributed by atoms with Crippen molar-refractivity contribution in [3.63, 3.8) is 0 Å². The van der Waals surface area contributed by atoms with E-state index >= 15 is 0 Å². The van der Waals surface area contributed by atoms with Gasteiger partial charge in [0.1, 0.15) is 48.8 Å².